The van der Waals surface area contributed by atoms with Gasteiger partial charge in [-0.15, -0.1) is 0 Å². The summed E-state index contributed by atoms with van der Waals surface area (Å²) in [5, 5.41) is 0. The van der Waals surface area contributed by atoms with Crippen molar-refractivity contribution in [3.63, 3.8) is 0 Å². The molecule has 0 radical (unpaired) electrons. The van der Waals surface area contributed by atoms with E-state index in [1.165, 1.54) is 12.1 Å². The minimum Gasteiger partial charge on any atom is -0.343 e. The lowest BCUT2D eigenvalue weighted by molar-refractivity contribution is -0.137. The number of aryl methyl sites for hydroxylation is 1. The van der Waals surface area contributed by atoms with Crippen molar-refractivity contribution >= 4 is 11.3 Å². The van der Waals surface area contributed by atoms with E-state index in [0.29, 0.717) is 12.2 Å². The Kier molecular flexibility index (Phi) is 3.94. The minimum absolute atomic E-state index is 0.612. The van der Waals surface area contributed by atoms with Gasteiger partial charge in [0, 0.05) is 30.2 Å². The molecule has 0 saturated heterocycles. The molecule has 1 aromatic heterocycles. The lowest BCUT2D eigenvalue weighted by Gasteiger charge is -2.24. The first kappa shape index (κ1) is 15.3. The van der Waals surface area contributed by atoms with Crippen molar-refractivity contribution in [1.82, 2.24) is 4.98 Å². The standard InChI is InChI=1S/C18H15F3N2/c1-13-4-2-10-22-17(13)14-5-3-11-23(12-14)16-8-6-15(7-9-16)18(19,20)21/h2-10,12H,11H2,1H3. The summed E-state index contributed by atoms with van der Waals surface area (Å²) in [6, 6.07) is 9.04. The van der Waals surface area contributed by atoms with Gasteiger partial charge in [0.1, 0.15) is 0 Å². The van der Waals surface area contributed by atoms with Gasteiger partial charge in [-0.05, 0) is 42.8 Å². The van der Waals surface area contributed by atoms with Crippen molar-refractivity contribution in [3.8, 4) is 0 Å². The van der Waals surface area contributed by atoms with Crippen molar-refractivity contribution in [2.45, 2.75) is 13.1 Å². The Morgan fingerprint density at radius 2 is 1.83 bits per heavy atom. The van der Waals surface area contributed by atoms with Crippen LogP contribution in [0.15, 0.2) is 60.9 Å². The Labute approximate surface area is 132 Å². The van der Waals surface area contributed by atoms with Crippen molar-refractivity contribution in [2.75, 3.05) is 11.4 Å². The molecular formula is C18H15F3N2. The van der Waals surface area contributed by atoms with E-state index < -0.39 is 11.7 Å². The molecular weight excluding hydrogens is 301 g/mol. The number of hydrogen-bond donors (Lipinski definition) is 0. The first-order chi connectivity index (χ1) is 10.9. The summed E-state index contributed by atoms with van der Waals surface area (Å²) in [6.45, 7) is 2.59. The summed E-state index contributed by atoms with van der Waals surface area (Å²) in [4.78, 5) is 6.29. The Morgan fingerprint density at radius 3 is 2.48 bits per heavy atom. The molecule has 0 amide bonds. The third kappa shape index (κ3) is 3.28. The number of benzene rings is 1. The van der Waals surface area contributed by atoms with Crippen LogP contribution in [-0.4, -0.2) is 11.5 Å². The number of anilines is 1. The summed E-state index contributed by atoms with van der Waals surface area (Å²) >= 11 is 0. The maximum Gasteiger partial charge on any atom is 0.416 e. The largest absolute Gasteiger partial charge is 0.416 e. The highest BCUT2D eigenvalue weighted by Gasteiger charge is 2.30. The molecule has 1 aliphatic heterocycles. The zero-order valence-corrected chi connectivity index (χ0v) is 12.5. The van der Waals surface area contributed by atoms with E-state index in [9.17, 15) is 13.2 Å². The van der Waals surface area contributed by atoms with E-state index in [0.717, 1.165) is 29.0 Å². The number of pyridine rings is 1. The first-order valence-electron chi connectivity index (χ1n) is 7.19. The normalized spacial score (nSPS) is 14.8. The lowest BCUT2D eigenvalue weighted by atomic mass is 10.1. The molecule has 0 bridgehead atoms. The highest BCUT2D eigenvalue weighted by atomic mass is 19.4. The molecule has 2 heterocycles. The van der Waals surface area contributed by atoms with Gasteiger partial charge in [0.25, 0.3) is 0 Å². The van der Waals surface area contributed by atoms with Gasteiger partial charge in [0.05, 0.1) is 11.3 Å². The summed E-state index contributed by atoms with van der Waals surface area (Å²) in [5.41, 5.74) is 2.94. The Bertz CT molecular complexity index is 759. The molecule has 0 spiro atoms. The fraction of sp³-hybridized carbons (Fsp3) is 0.167. The molecule has 118 valence electrons. The molecule has 3 rings (SSSR count). The molecule has 0 unspecified atom stereocenters. The molecule has 0 saturated carbocycles. The van der Waals surface area contributed by atoms with E-state index in [1.54, 1.807) is 6.20 Å². The highest BCUT2D eigenvalue weighted by Crippen LogP contribution is 2.31. The van der Waals surface area contributed by atoms with Crippen LogP contribution in [0, 0.1) is 6.92 Å². The van der Waals surface area contributed by atoms with Crippen molar-refractivity contribution in [3.05, 3.63) is 77.8 Å². The summed E-state index contributed by atoms with van der Waals surface area (Å²) in [5.74, 6) is 0. The van der Waals surface area contributed by atoms with Crippen LogP contribution in [0.1, 0.15) is 16.8 Å². The van der Waals surface area contributed by atoms with E-state index in [2.05, 4.69) is 4.98 Å². The number of hydrogen-bond acceptors (Lipinski definition) is 2. The average molecular weight is 316 g/mol. The van der Waals surface area contributed by atoms with Gasteiger partial charge in [-0.25, -0.2) is 0 Å². The van der Waals surface area contributed by atoms with Gasteiger partial charge < -0.3 is 4.90 Å². The predicted molar refractivity (Wildman–Crippen MR) is 84.9 cm³/mol. The molecule has 23 heavy (non-hydrogen) atoms. The fourth-order valence-electron chi connectivity index (χ4n) is 2.51. The van der Waals surface area contributed by atoms with E-state index in [4.69, 9.17) is 0 Å². The third-order valence-electron chi connectivity index (χ3n) is 3.70. The van der Waals surface area contributed by atoms with Gasteiger partial charge in [-0.3, -0.25) is 4.98 Å². The average Bonchev–Trinajstić information content (AvgIpc) is 2.55. The number of halogens is 3. The molecule has 1 aromatic carbocycles. The Balaban J connectivity index is 1.90. The van der Waals surface area contributed by atoms with Gasteiger partial charge in [0.15, 0.2) is 0 Å². The van der Waals surface area contributed by atoms with Crippen LogP contribution in [0.3, 0.4) is 0 Å². The minimum atomic E-state index is -4.31. The van der Waals surface area contributed by atoms with Gasteiger partial charge >= 0.3 is 6.18 Å². The zero-order chi connectivity index (χ0) is 16.4. The predicted octanol–water partition coefficient (Wildman–Crippen LogP) is 4.83. The number of nitrogens with zero attached hydrogens (tertiary/aromatic N) is 2. The summed E-state index contributed by atoms with van der Waals surface area (Å²) in [7, 11) is 0. The van der Waals surface area contributed by atoms with Crippen LogP contribution in [0.5, 0.6) is 0 Å². The van der Waals surface area contributed by atoms with Crippen LogP contribution in [0.4, 0.5) is 18.9 Å². The van der Waals surface area contributed by atoms with Gasteiger partial charge in [-0.1, -0.05) is 18.2 Å². The van der Waals surface area contributed by atoms with Crippen LogP contribution >= 0.6 is 0 Å². The van der Waals surface area contributed by atoms with E-state index >= 15 is 0 Å². The SMILES string of the molecule is Cc1cccnc1C1=CN(c2ccc(C(F)(F)F)cc2)CC=C1. The van der Waals surface area contributed by atoms with Crippen LogP contribution < -0.4 is 4.90 Å². The zero-order valence-electron chi connectivity index (χ0n) is 12.5. The van der Waals surface area contributed by atoms with Crippen molar-refractivity contribution < 1.29 is 13.2 Å². The monoisotopic (exact) mass is 316 g/mol. The number of allylic oxidation sites excluding steroid dienone is 2. The van der Waals surface area contributed by atoms with E-state index in [1.807, 2.05) is 42.3 Å². The van der Waals surface area contributed by atoms with Crippen LogP contribution in [0.25, 0.3) is 5.57 Å². The smallest absolute Gasteiger partial charge is 0.343 e. The molecule has 2 nitrogen and oxygen atoms in total. The fourth-order valence-corrected chi connectivity index (χ4v) is 2.51. The Hall–Kier alpha value is -2.56. The number of alkyl halides is 3. The van der Waals surface area contributed by atoms with Gasteiger partial charge in [-0.2, -0.15) is 13.2 Å². The maximum atomic E-state index is 12.6. The lowest BCUT2D eigenvalue weighted by Crippen LogP contribution is -2.19. The number of rotatable bonds is 2. The molecule has 0 fully saturated rings. The Morgan fingerprint density at radius 1 is 1.09 bits per heavy atom. The first-order valence-corrected chi connectivity index (χ1v) is 7.19. The molecule has 1 aliphatic rings. The molecule has 5 heteroatoms. The summed E-state index contributed by atoms with van der Waals surface area (Å²) < 4.78 is 37.9. The molecule has 2 aromatic rings. The third-order valence-corrected chi connectivity index (χ3v) is 3.70. The maximum absolute atomic E-state index is 12.6. The number of aromatic nitrogens is 1. The van der Waals surface area contributed by atoms with Crippen molar-refractivity contribution in [1.29, 1.82) is 0 Å². The molecule has 0 atom stereocenters. The molecule has 0 aliphatic carbocycles. The quantitative estimate of drug-likeness (QED) is 0.789. The van der Waals surface area contributed by atoms with Crippen LogP contribution in [-0.2, 0) is 6.18 Å². The second-order valence-corrected chi connectivity index (χ2v) is 5.35. The summed E-state index contributed by atoms with van der Waals surface area (Å²) in [6.07, 6.45) is 3.29. The van der Waals surface area contributed by atoms with Gasteiger partial charge in [0.2, 0.25) is 0 Å². The van der Waals surface area contributed by atoms with E-state index in [-0.39, 0.29) is 0 Å². The topological polar surface area (TPSA) is 16.1 Å². The highest BCUT2D eigenvalue weighted by molar-refractivity contribution is 5.77. The second kappa shape index (κ2) is 5.91. The van der Waals surface area contributed by atoms with Crippen molar-refractivity contribution in [2.24, 2.45) is 0 Å². The molecule has 0 N–H and O–H groups in total. The second-order valence-electron chi connectivity index (χ2n) is 5.35. The van der Waals surface area contributed by atoms with Crippen LogP contribution in [0.2, 0.25) is 0 Å².